The van der Waals surface area contributed by atoms with Crippen molar-refractivity contribution in [2.45, 2.75) is 27.7 Å². The minimum Gasteiger partial charge on any atom is -0.345 e. The van der Waals surface area contributed by atoms with Crippen molar-refractivity contribution >= 4 is 5.91 Å². The monoisotopic (exact) mass is 167 g/mol. The maximum atomic E-state index is 10.9. The van der Waals surface area contributed by atoms with Crippen LogP contribution in [0.2, 0.25) is 0 Å². The van der Waals surface area contributed by atoms with E-state index in [1.54, 1.807) is 6.92 Å². The van der Waals surface area contributed by atoms with Crippen molar-refractivity contribution in [2.24, 2.45) is 11.8 Å². The lowest BCUT2D eigenvalue weighted by Crippen LogP contribution is -2.28. The number of rotatable bonds is 3. The van der Waals surface area contributed by atoms with E-state index in [-0.39, 0.29) is 5.91 Å². The topological polar surface area (TPSA) is 29.1 Å². The van der Waals surface area contributed by atoms with Crippen molar-refractivity contribution in [2.75, 3.05) is 6.54 Å². The molecule has 1 atom stereocenters. The molecule has 2 nitrogen and oxygen atoms in total. The van der Waals surface area contributed by atoms with Gasteiger partial charge in [0.2, 0.25) is 0 Å². The number of carbonyl (C=O) groups excluding carboxylic acids is 1. The summed E-state index contributed by atoms with van der Waals surface area (Å²) in [6.07, 6.45) is 0. The summed E-state index contributed by atoms with van der Waals surface area (Å²) < 4.78 is 0. The molecule has 0 aliphatic heterocycles. The lowest BCUT2D eigenvalue weighted by molar-refractivity contribution is -0.115. The molecule has 0 aromatic heterocycles. The van der Waals surface area contributed by atoms with Crippen molar-refractivity contribution in [3.05, 3.63) is 0 Å². The van der Waals surface area contributed by atoms with Gasteiger partial charge in [0.05, 0.1) is 0 Å². The molecule has 1 unspecified atom stereocenters. The van der Waals surface area contributed by atoms with Crippen molar-refractivity contribution in [1.29, 1.82) is 0 Å². The highest BCUT2D eigenvalue weighted by atomic mass is 16.1. The van der Waals surface area contributed by atoms with Crippen LogP contribution in [0.1, 0.15) is 27.7 Å². The van der Waals surface area contributed by atoms with Gasteiger partial charge in [-0.3, -0.25) is 4.79 Å². The van der Waals surface area contributed by atoms with E-state index in [1.165, 1.54) is 0 Å². The SMILES string of the molecule is CC#CC(=O)NCC(C)C(C)C. The third kappa shape index (κ3) is 4.79. The zero-order valence-corrected chi connectivity index (χ0v) is 8.27. The number of hydrogen-bond acceptors (Lipinski definition) is 1. The van der Waals surface area contributed by atoms with E-state index >= 15 is 0 Å². The van der Waals surface area contributed by atoms with Gasteiger partial charge in [-0.25, -0.2) is 0 Å². The molecular weight excluding hydrogens is 150 g/mol. The Hall–Kier alpha value is -0.970. The molecule has 1 amide bonds. The first-order chi connectivity index (χ1) is 5.57. The molecule has 0 fully saturated rings. The van der Waals surface area contributed by atoms with Gasteiger partial charge < -0.3 is 5.32 Å². The van der Waals surface area contributed by atoms with Gasteiger partial charge in [-0.1, -0.05) is 26.7 Å². The zero-order valence-electron chi connectivity index (χ0n) is 8.27. The Kier molecular flexibility index (Phi) is 5.19. The van der Waals surface area contributed by atoms with Crippen LogP contribution in [0.3, 0.4) is 0 Å². The summed E-state index contributed by atoms with van der Waals surface area (Å²) in [5, 5.41) is 2.75. The maximum absolute atomic E-state index is 10.9. The lowest BCUT2D eigenvalue weighted by Gasteiger charge is -2.14. The highest BCUT2D eigenvalue weighted by molar-refractivity contribution is 5.93. The minimum atomic E-state index is -0.176. The number of amides is 1. The van der Waals surface area contributed by atoms with Gasteiger partial charge in [0.1, 0.15) is 0 Å². The Morgan fingerprint density at radius 1 is 1.42 bits per heavy atom. The fraction of sp³-hybridized carbons (Fsp3) is 0.700. The highest BCUT2D eigenvalue weighted by Gasteiger charge is 2.07. The molecule has 0 saturated heterocycles. The molecule has 0 aromatic carbocycles. The second-order valence-corrected chi connectivity index (χ2v) is 3.31. The molecule has 0 rings (SSSR count). The molecule has 0 radical (unpaired) electrons. The average Bonchev–Trinajstić information content (AvgIpc) is 2.00. The molecule has 0 saturated carbocycles. The summed E-state index contributed by atoms with van der Waals surface area (Å²) in [4.78, 5) is 10.9. The summed E-state index contributed by atoms with van der Waals surface area (Å²) in [6.45, 7) is 8.77. The van der Waals surface area contributed by atoms with E-state index in [0.29, 0.717) is 18.4 Å². The van der Waals surface area contributed by atoms with Gasteiger partial charge in [-0.15, -0.1) is 0 Å². The predicted octanol–water partition coefficient (Wildman–Crippen LogP) is 1.42. The summed E-state index contributed by atoms with van der Waals surface area (Å²) in [5.41, 5.74) is 0. The van der Waals surface area contributed by atoms with E-state index in [4.69, 9.17) is 0 Å². The second kappa shape index (κ2) is 5.65. The number of nitrogens with one attached hydrogen (secondary N) is 1. The molecule has 0 aromatic rings. The average molecular weight is 167 g/mol. The van der Waals surface area contributed by atoms with Crippen LogP contribution in [0.4, 0.5) is 0 Å². The quantitative estimate of drug-likeness (QED) is 0.633. The standard InChI is InChI=1S/C10H17NO/c1-5-6-10(12)11-7-9(4)8(2)3/h8-9H,7H2,1-4H3,(H,11,12). The molecule has 2 heteroatoms. The van der Waals surface area contributed by atoms with E-state index < -0.39 is 0 Å². The summed E-state index contributed by atoms with van der Waals surface area (Å²) in [5.74, 6) is 5.93. The van der Waals surface area contributed by atoms with E-state index in [1.807, 2.05) is 0 Å². The lowest BCUT2D eigenvalue weighted by atomic mass is 9.98. The first kappa shape index (κ1) is 11.0. The van der Waals surface area contributed by atoms with Crippen LogP contribution in [0.15, 0.2) is 0 Å². The first-order valence-corrected chi connectivity index (χ1v) is 4.28. The Morgan fingerprint density at radius 2 is 2.00 bits per heavy atom. The van der Waals surface area contributed by atoms with Gasteiger partial charge in [-0.05, 0) is 24.7 Å². The van der Waals surface area contributed by atoms with Crippen LogP contribution >= 0.6 is 0 Å². The molecule has 12 heavy (non-hydrogen) atoms. The predicted molar refractivity (Wildman–Crippen MR) is 50.5 cm³/mol. The van der Waals surface area contributed by atoms with Crippen LogP contribution in [0, 0.1) is 23.7 Å². The zero-order chi connectivity index (χ0) is 9.56. The number of hydrogen-bond donors (Lipinski definition) is 1. The third-order valence-corrected chi connectivity index (χ3v) is 1.96. The Balaban J connectivity index is 3.66. The van der Waals surface area contributed by atoms with Gasteiger partial charge in [0.25, 0.3) is 5.91 Å². The van der Waals surface area contributed by atoms with Gasteiger partial charge in [0, 0.05) is 6.54 Å². The van der Waals surface area contributed by atoms with Gasteiger partial charge in [0.15, 0.2) is 0 Å². The molecule has 0 bridgehead atoms. The summed E-state index contributed by atoms with van der Waals surface area (Å²) in [7, 11) is 0. The van der Waals surface area contributed by atoms with Crippen LogP contribution < -0.4 is 5.32 Å². The molecule has 0 heterocycles. The molecular formula is C10H17NO. The smallest absolute Gasteiger partial charge is 0.295 e. The third-order valence-electron chi connectivity index (χ3n) is 1.96. The summed E-state index contributed by atoms with van der Waals surface area (Å²) in [6, 6.07) is 0. The normalized spacial score (nSPS) is 11.8. The van der Waals surface area contributed by atoms with Crippen LogP contribution in [0.25, 0.3) is 0 Å². The Bertz CT molecular complexity index is 198. The van der Waals surface area contributed by atoms with Crippen LogP contribution in [0.5, 0.6) is 0 Å². The van der Waals surface area contributed by atoms with Crippen LogP contribution in [-0.2, 0) is 4.79 Å². The van der Waals surface area contributed by atoms with Crippen molar-refractivity contribution < 1.29 is 4.79 Å². The summed E-state index contributed by atoms with van der Waals surface area (Å²) >= 11 is 0. The van der Waals surface area contributed by atoms with Gasteiger partial charge >= 0.3 is 0 Å². The van der Waals surface area contributed by atoms with Crippen molar-refractivity contribution in [1.82, 2.24) is 5.32 Å². The Morgan fingerprint density at radius 3 is 2.42 bits per heavy atom. The fourth-order valence-electron chi connectivity index (χ4n) is 0.647. The van der Waals surface area contributed by atoms with Crippen LogP contribution in [-0.4, -0.2) is 12.5 Å². The maximum Gasteiger partial charge on any atom is 0.295 e. The molecule has 1 N–H and O–H groups in total. The molecule has 0 aliphatic carbocycles. The molecule has 68 valence electrons. The Labute approximate surface area is 74.7 Å². The molecule has 0 aliphatic rings. The number of carbonyl (C=O) groups is 1. The van der Waals surface area contributed by atoms with E-state index in [2.05, 4.69) is 37.9 Å². The first-order valence-electron chi connectivity index (χ1n) is 4.28. The fourth-order valence-corrected chi connectivity index (χ4v) is 0.647. The molecule has 0 spiro atoms. The second-order valence-electron chi connectivity index (χ2n) is 3.31. The highest BCUT2D eigenvalue weighted by Crippen LogP contribution is 2.07. The largest absolute Gasteiger partial charge is 0.345 e. The van der Waals surface area contributed by atoms with Gasteiger partial charge in [-0.2, -0.15) is 0 Å². The minimum absolute atomic E-state index is 0.176. The van der Waals surface area contributed by atoms with Crippen molar-refractivity contribution in [3.8, 4) is 11.8 Å². The van der Waals surface area contributed by atoms with Crippen molar-refractivity contribution in [3.63, 3.8) is 0 Å². The van der Waals surface area contributed by atoms with E-state index in [0.717, 1.165) is 0 Å². The van der Waals surface area contributed by atoms with E-state index in [9.17, 15) is 4.79 Å².